The van der Waals surface area contributed by atoms with Crippen molar-refractivity contribution in [3.63, 3.8) is 0 Å². The molecule has 0 heterocycles. The first kappa shape index (κ1) is 14.1. The van der Waals surface area contributed by atoms with Crippen LogP contribution in [0.15, 0.2) is 6.07 Å². The first-order chi connectivity index (χ1) is 8.31. The van der Waals surface area contributed by atoms with Crippen molar-refractivity contribution in [2.75, 3.05) is 6.61 Å². The van der Waals surface area contributed by atoms with Crippen LogP contribution in [0.5, 0.6) is 0 Å². The first-order valence-corrected chi connectivity index (χ1v) is 5.20. The number of hydrogen-bond acceptors (Lipinski definition) is 4. The van der Waals surface area contributed by atoms with E-state index in [0.29, 0.717) is 5.56 Å². The van der Waals surface area contributed by atoms with Crippen LogP contribution in [0.2, 0.25) is 0 Å². The van der Waals surface area contributed by atoms with Gasteiger partial charge in [0, 0.05) is 5.56 Å². The van der Waals surface area contributed by atoms with Crippen LogP contribution in [-0.2, 0) is 0 Å². The zero-order chi connectivity index (χ0) is 14.0. The Hall–Kier alpha value is -1.92. The molecule has 0 aromatic heterocycles. The van der Waals surface area contributed by atoms with E-state index in [-0.39, 0.29) is 22.3 Å². The van der Waals surface area contributed by atoms with Crippen molar-refractivity contribution in [3.8, 4) is 0 Å². The molecule has 1 unspecified atom stereocenters. The van der Waals surface area contributed by atoms with Crippen LogP contribution in [-0.4, -0.2) is 39.0 Å². The molecule has 0 aliphatic carbocycles. The molecule has 1 rings (SSSR count). The number of aryl methyl sites for hydroxylation is 1. The highest BCUT2D eigenvalue weighted by molar-refractivity contribution is 5.96. The molecule has 1 aromatic carbocycles. The maximum Gasteiger partial charge on any atom is 0.336 e. The zero-order valence-corrected chi connectivity index (χ0v) is 9.97. The maximum atomic E-state index is 11.1. The summed E-state index contributed by atoms with van der Waals surface area (Å²) < 4.78 is 0. The van der Waals surface area contributed by atoms with Crippen molar-refractivity contribution in [1.29, 1.82) is 0 Å². The van der Waals surface area contributed by atoms with E-state index >= 15 is 0 Å². The normalized spacial score (nSPS) is 12.2. The summed E-state index contributed by atoms with van der Waals surface area (Å²) in [5.41, 5.74) is 0.139. The molecule has 1 atom stereocenters. The lowest BCUT2D eigenvalue weighted by atomic mass is 9.90. The summed E-state index contributed by atoms with van der Waals surface area (Å²) in [5.74, 6) is -2.48. The summed E-state index contributed by atoms with van der Waals surface area (Å²) in [6, 6.07) is 1.19. The molecular formula is C12H14O6. The largest absolute Gasteiger partial charge is 0.478 e. The van der Waals surface area contributed by atoms with E-state index in [1.54, 1.807) is 0 Å². The van der Waals surface area contributed by atoms with Gasteiger partial charge in [0.15, 0.2) is 0 Å². The van der Waals surface area contributed by atoms with Crippen molar-refractivity contribution < 1.29 is 30.0 Å². The van der Waals surface area contributed by atoms with Crippen molar-refractivity contribution in [3.05, 3.63) is 33.9 Å². The number of carbonyl (C=O) groups is 2. The first-order valence-electron chi connectivity index (χ1n) is 5.20. The van der Waals surface area contributed by atoms with Gasteiger partial charge in [0.25, 0.3) is 0 Å². The third kappa shape index (κ3) is 2.34. The number of aliphatic hydroxyl groups excluding tert-OH is 2. The van der Waals surface area contributed by atoms with Gasteiger partial charge in [-0.3, -0.25) is 0 Å². The van der Waals surface area contributed by atoms with Crippen LogP contribution >= 0.6 is 0 Å². The highest BCUT2D eigenvalue weighted by Gasteiger charge is 2.24. The molecule has 0 amide bonds. The lowest BCUT2D eigenvalue weighted by Gasteiger charge is -2.18. The van der Waals surface area contributed by atoms with Gasteiger partial charge in [-0.1, -0.05) is 0 Å². The van der Waals surface area contributed by atoms with Gasteiger partial charge in [0.1, 0.15) is 6.10 Å². The number of aromatic carboxylic acids is 2. The third-order valence-electron chi connectivity index (χ3n) is 2.77. The molecule has 0 saturated heterocycles. The zero-order valence-electron chi connectivity index (χ0n) is 9.97. The van der Waals surface area contributed by atoms with Crippen molar-refractivity contribution in [2.24, 2.45) is 0 Å². The summed E-state index contributed by atoms with van der Waals surface area (Å²) in [7, 11) is 0. The number of hydrogen-bond donors (Lipinski definition) is 4. The Morgan fingerprint density at radius 1 is 1.22 bits per heavy atom. The molecule has 0 fully saturated rings. The lowest BCUT2D eigenvalue weighted by Crippen LogP contribution is -2.16. The summed E-state index contributed by atoms with van der Waals surface area (Å²) in [6.45, 7) is 2.22. The minimum Gasteiger partial charge on any atom is -0.478 e. The average Bonchev–Trinajstić information content (AvgIpc) is 2.26. The van der Waals surface area contributed by atoms with Gasteiger partial charge in [-0.2, -0.15) is 0 Å². The Balaban J connectivity index is 3.68. The number of carboxylic acids is 2. The van der Waals surface area contributed by atoms with E-state index < -0.39 is 24.6 Å². The van der Waals surface area contributed by atoms with Gasteiger partial charge < -0.3 is 20.4 Å². The van der Waals surface area contributed by atoms with E-state index in [0.717, 1.165) is 0 Å². The van der Waals surface area contributed by atoms with Crippen LogP contribution in [0.25, 0.3) is 0 Å². The second-order valence-electron chi connectivity index (χ2n) is 3.96. The number of benzene rings is 1. The molecule has 0 saturated carbocycles. The highest BCUT2D eigenvalue weighted by atomic mass is 16.4. The summed E-state index contributed by atoms with van der Waals surface area (Å²) in [4.78, 5) is 22.2. The van der Waals surface area contributed by atoms with E-state index in [2.05, 4.69) is 0 Å². The van der Waals surface area contributed by atoms with Crippen LogP contribution in [0.3, 0.4) is 0 Å². The van der Waals surface area contributed by atoms with Gasteiger partial charge >= 0.3 is 11.9 Å². The fourth-order valence-electron chi connectivity index (χ4n) is 2.03. The van der Waals surface area contributed by atoms with Crippen molar-refractivity contribution in [1.82, 2.24) is 0 Å². The molecule has 0 spiro atoms. The average molecular weight is 254 g/mol. The minimum absolute atomic E-state index is 0.0532. The van der Waals surface area contributed by atoms with E-state index in [4.69, 9.17) is 15.3 Å². The molecule has 18 heavy (non-hydrogen) atoms. The topological polar surface area (TPSA) is 115 Å². The van der Waals surface area contributed by atoms with Crippen molar-refractivity contribution >= 4 is 11.9 Å². The Morgan fingerprint density at radius 2 is 1.78 bits per heavy atom. The molecule has 0 aliphatic rings. The summed E-state index contributed by atoms with van der Waals surface area (Å²) in [5, 5.41) is 36.7. The third-order valence-corrected chi connectivity index (χ3v) is 2.77. The second kappa shape index (κ2) is 5.16. The maximum absolute atomic E-state index is 11.1. The molecule has 98 valence electrons. The fraction of sp³-hybridized carbons (Fsp3) is 0.333. The quantitative estimate of drug-likeness (QED) is 0.629. The number of carboxylic acid groups (broad SMARTS) is 2. The molecule has 4 N–H and O–H groups in total. The van der Waals surface area contributed by atoms with E-state index in [9.17, 15) is 14.7 Å². The van der Waals surface area contributed by atoms with E-state index in [1.807, 2.05) is 0 Å². The van der Waals surface area contributed by atoms with Crippen LogP contribution < -0.4 is 0 Å². The molecule has 0 bridgehead atoms. The standard InChI is InChI=1S/C12H14O6/c1-5-3-7(11(15)16)10(8(14)4-13)6(2)9(5)12(17)18/h3,8,13-14H,4H2,1-2H3,(H,15,16)(H,17,18). The Bertz CT molecular complexity index is 506. The molecule has 6 nitrogen and oxygen atoms in total. The van der Waals surface area contributed by atoms with Gasteiger partial charge in [-0.15, -0.1) is 0 Å². The van der Waals surface area contributed by atoms with Gasteiger partial charge in [-0.05, 0) is 31.0 Å². The Morgan fingerprint density at radius 3 is 2.17 bits per heavy atom. The molecule has 1 aromatic rings. The summed E-state index contributed by atoms with van der Waals surface area (Å²) >= 11 is 0. The Labute approximate surface area is 103 Å². The fourth-order valence-corrected chi connectivity index (χ4v) is 2.03. The highest BCUT2D eigenvalue weighted by Crippen LogP contribution is 2.28. The predicted octanol–water partition coefficient (Wildman–Crippen LogP) is 0.726. The van der Waals surface area contributed by atoms with Crippen LogP contribution in [0, 0.1) is 13.8 Å². The second-order valence-corrected chi connectivity index (χ2v) is 3.96. The van der Waals surface area contributed by atoms with Gasteiger partial charge in [-0.25, -0.2) is 9.59 Å². The van der Waals surface area contributed by atoms with Crippen LogP contribution in [0.4, 0.5) is 0 Å². The monoisotopic (exact) mass is 254 g/mol. The minimum atomic E-state index is -1.42. The molecule has 0 aliphatic heterocycles. The molecule has 0 radical (unpaired) electrons. The lowest BCUT2D eigenvalue weighted by molar-refractivity contribution is 0.0659. The number of rotatable bonds is 4. The predicted molar refractivity (Wildman–Crippen MR) is 61.9 cm³/mol. The molecule has 6 heteroatoms. The van der Waals surface area contributed by atoms with Crippen LogP contribution in [0.1, 0.15) is 43.5 Å². The SMILES string of the molecule is Cc1cc(C(=O)O)c(C(O)CO)c(C)c1C(=O)O. The smallest absolute Gasteiger partial charge is 0.336 e. The van der Waals surface area contributed by atoms with Gasteiger partial charge in [0.2, 0.25) is 0 Å². The molecular weight excluding hydrogens is 240 g/mol. The van der Waals surface area contributed by atoms with E-state index in [1.165, 1.54) is 19.9 Å². The van der Waals surface area contributed by atoms with Crippen molar-refractivity contribution in [2.45, 2.75) is 20.0 Å². The number of aliphatic hydroxyl groups is 2. The van der Waals surface area contributed by atoms with Gasteiger partial charge in [0.05, 0.1) is 17.7 Å². The summed E-state index contributed by atoms with van der Waals surface area (Å²) in [6.07, 6.45) is -1.42. The Kier molecular flexibility index (Phi) is 4.05.